The molecular weight excluding hydrogens is 304 g/mol. The summed E-state index contributed by atoms with van der Waals surface area (Å²) >= 11 is 0. The van der Waals surface area contributed by atoms with E-state index in [1.54, 1.807) is 0 Å². The van der Waals surface area contributed by atoms with Crippen LogP contribution in [-0.4, -0.2) is 28.1 Å². The largest absolute Gasteiger partial charge is 0.479 e. The molecule has 4 heteroatoms. The van der Waals surface area contributed by atoms with E-state index in [4.69, 9.17) is 5.11 Å². The van der Waals surface area contributed by atoms with E-state index in [2.05, 4.69) is 31.2 Å². The number of unbranched alkanes of at least 4 members (excludes halogenated alkanes) is 1. The molecule has 1 rings (SSSR count). The van der Waals surface area contributed by atoms with Gasteiger partial charge in [-0.3, -0.25) is 4.79 Å². The Morgan fingerprint density at radius 3 is 2.58 bits per heavy atom. The van der Waals surface area contributed by atoms with Crippen molar-refractivity contribution >= 4 is 11.8 Å². The highest BCUT2D eigenvalue weighted by molar-refractivity contribution is 5.83. The van der Waals surface area contributed by atoms with Crippen molar-refractivity contribution in [3.05, 3.63) is 36.5 Å². The Labute approximate surface area is 145 Å². The number of aliphatic hydroxyl groups excluding tert-OH is 1. The highest BCUT2D eigenvalue weighted by Gasteiger charge is 2.31. The average Bonchev–Trinajstić information content (AvgIpc) is 2.90. The van der Waals surface area contributed by atoms with Gasteiger partial charge in [-0.1, -0.05) is 43.4 Å². The topological polar surface area (TPSA) is 74.6 Å². The molecular formula is C20H30O4. The molecule has 0 bridgehead atoms. The van der Waals surface area contributed by atoms with Crippen molar-refractivity contribution in [2.75, 3.05) is 0 Å². The SMILES string of the molecule is CCC=CCCC=C[C@H]1CCC(=O)[C@@H]1CC=CCCC(O)C(=O)O. The number of allylic oxidation sites excluding steroid dienone is 6. The van der Waals surface area contributed by atoms with Crippen molar-refractivity contribution in [1.82, 2.24) is 0 Å². The zero-order valence-electron chi connectivity index (χ0n) is 14.6. The number of hydrogen-bond acceptors (Lipinski definition) is 3. The van der Waals surface area contributed by atoms with E-state index in [-0.39, 0.29) is 12.3 Å². The van der Waals surface area contributed by atoms with Crippen LogP contribution in [0.15, 0.2) is 36.5 Å². The van der Waals surface area contributed by atoms with Gasteiger partial charge in [-0.05, 0) is 50.9 Å². The Morgan fingerprint density at radius 2 is 1.88 bits per heavy atom. The van der Waals surface area contributed by atoms with Crippen molar-refractivity contribution in [1.29, 1.82) is 0 Å². The number of carbonyl (C=O) groups is 2. The summed E-state index contributed by atoms with van der Waals surface area (Å²) in [6, 6.07) is 0. The van der Waals surface area contributed by atoms with E-state index in [0.717, 1.165) is 25.7 Å². The molecule has 0 aromatic heterocycles. The minimum absolute atomic E-state index is 0.0491. The summed E-state index contributed by atoms with van der Waals surface area (Å²) in [5.74, 6) is -0.492. The second-order valence-corrected chi connectivity index (χ2v) is 6.30. The Hall–Kier alpha value is -1.68. The predicted octanol–water partition coefficient (Wildman–Crippen LogP) is 4.06. The first-order chi connectivity index (χ1) is 11.6. The monoisotopic (exact) mass is 334 g/mol. The summed E-state index contributed by atoms with van der Waals surface area (Å²) in [5.41, 5.74) is 0. The van der Waals surface area contributed by atoms with Gasteiger partial charge in [0.25, 0.3) is 0 Å². The lowest BCUT2D eigenvalue weighted by Gasteiger charge is -2.12. The first-order valence-corrected chi connectivity index (χ1v) is 8.96. The number of aliphatic hydroxyl groups is 1. The summed E-state index contributed by atoms with van der Waals surface area (Å²) in [6.45, 7) is 2.12. The first-order valence-electron chi connectivity index (χ1n) is 8.96. The molecule has 1 aliphatic rings. The molecule has 0 amide bonds. The fourth-order valence-electron chi connectivity index (χ4n) is 2.96. The van der Waals surface area contributed by atoms with Crippen LogP contribution < -0.4 is 0 Å². The lowest BCUT2D eigenvalue weighted by molar-refractivity contribution is -0.146. The van der Waals surface area contributed by atoms with E-state index < -0.39 is 12.1 Å². The fourth-order valence-corrected chi connectivity index (χ4v) is 2.96. The maximum Gasteiger partial charge on any atom is 0.332 e. The highest BCUT2D eigenvalue weighted by Crippen LogP contribution is 2.32. The van der Waals surface area contributed by atoms with E-state index in [9.17, 15) is 14.7 Å². The molecule has 1 fully saturated rings. The number of hydrogen-bond donors (Lipinski definition) is 2. The Balaban J connectivity index is 2.35. The predicted molar refractivity (Wildman–Crippen MR) is 95.7 cm³/mol. The standard InChI is InChI=1S/C20H30O4/c1-2-3-4-5-6-8-11-16-14-15-18(21)17(16)12-9-7-10-13-19(22)20(23)24/h3-4,7-9,11,16-17,19,22H,2,5-6,10,12-15H2,1H3,(H,23,24)/t16-,17+,19?/m0/s1. The maximum atomic E-state index is 12.0. The molecule has 3 atom stereocenters. The van der Waals surface area contributed by atoms with Gasteiger partial charge in [-0.25, -0.2) is 4.79 Å². The van der Waals surface area contributed by atoms with Gasteiger partial charge in [0, 0.05) is 12.3 Å². The van der Waals surface area contributed by atoms with Gasteiger partial charge in [-0.15, -0.1) is 0 Å². The van der Waals surface area contributed by atoms with Gasteiger partial charge in [0.1, 0.15) is 5.78 Å². The molecule has 1 saturated carbocycles. The molecule has 4 nitrogen and oxygen atoms in total. The second-order valence-electron chi connectivity index (χ2n) is 6.30. The molecule has 0 radical (unpaired) electrons. The van der Waals surface area contributed by atoms with Crippen LogP contribution in [0.2, 0.25) is 0 Å². The Morgan fingerprint density at radius 1 is 1.17 bits per heavy atom. The van der Waals surface area contributed by atoms with Crippen LogP contribution in [0.1, 0.15) is 58.3 Å². The molecule has 0 saturated heterocycles. The van der Waals surface area contributed by atoms with Gasteiger partial charge in [0.2, 0.25) is 0 Å². The molecule has 1 unspecified atom stereocenters. The van der Waals surface area contributed by atoms with Crippen LogP contribution >= 0.6 is 0 Å². The third-order valence-electron chi connectivity index (χ3n) is 4.39. The van der Waals surface area contributed by atoms with Crippen LogP contribution in [0, 0.1) is 11.8 Å². The highest BCUT2D eigenvalue weighted by atomic mass is 16.4. The Kier molecular flexibility index (Phi) is 10.0. The number of rotatable bonds is 11. The van der Waals surface area contributed by atoms with Crippen molar-refractivity contribution in [2.24, 2.45) is 11.8 Å². The van der Waals surface area contributed by atoms with Crippen LogP contribution in [0.25, 0.3) is 0 Å². The third kappa shape index (κ3) is 7.73. The van der Waals surface area contributed by atoms with Crippen molar-refractivity contribution < 1.29 is 19.8 Å². The minimum Gasteiger partial charge on any atom is -0.479 e. The number of carbonyl (C=O) groups excluding carboxylic acids is 1. The van der Waals surface area contributed by atoms with Crippen molar-refractivity contribution in [3.63, 3.8) is 0 Å². The average molecular weight is 334 g/mol. The number of ketones is 1. The molecule has 1 aliphatic carbocycles. The van der Waals surface area contributed by atoms with Crippen LogP contribution in [0.5, 0.6) is 0 Å². The smallest absolute Gasteiger partial charge is 0.332 e. The summed E-state index contributed by atoms with van der Waals surface area (Å²) in [7, 11) is 0. The molecule has 2 N–H and O–H groups in total. The summed E-state index contributed by atoms with van der Waals surface area (Å²) in [5, 5.41) is 17.8. The molecule has 0 aliphatic heterocycles. The van der Waals surface area contributed by atoms with Gasteiger partial charge in [0.15, 0.2) is 6.10 Å². The fraction of sp³-hybridized carbons (Fsp3) is 0.600. The van der Waals surface area contributed by atoms with E-state index in [1.165, 1.54) is 0 Å². The first kappa shape index (κ1) is 20.4. The minimum atomic E-state index is -1.31. The zero-order chi connectivity index (χ0) is 17.8. The molecule has 0 spiro atoms. The van der Waals surface area contributed by atoms with Gasteiger partial charge < -0.3 is 10.2 Å². The number of Topliss-reactive ketones (excluding diaryl/α,β-unsaturated/α-hetero) is 1. The van der Waals surface area contributed by atoms with Gasteiger partial charge in [0.05, 0.1) is 0 Å². The van der Waals surface area contributed by atoms with E-state index in [1.807, 2.05) is 12.2 Å². The molecule has 24 heavy (non-hydrogen) atoms. The van der Waals surface area contributed by atoms with Gasteiger partial charge in [-0.2, -0.15) is 0 Å². The quantitative estimate of drug-likeness (QED) is 0.441. The maximum absolute atomic E-state index is 12.0. The number of carboxylic acids is 1. The summed E-state index contributed by atoms with van der Waals surface area (Å²) in [4.78, 5) is 22.5. The van der Waals surface area contributed by atoms with E-state index >= 15 is 0 Å². The normalized spacial score (nSPS) is 23.0. The van der Waals surface area contributed by atoms with Crippen molar-refractivity contribution in [2.45, 2.75) is 64.4 Å². The second kappa shape index (κ2) is 11.8. The molecule has 0 aromatic rings. The van der Waals surface area contributed by atoms with Crippen LogP contribution in [0.4, 0.5) is 0 Å². The lowest BCUT2D eigenvalue weighted by atomic mass is 9.91. The number of carboxylic acid groups (broad SMARTS) is 1. The molecule has 0 heterocycles. The summed E-state index contributed by atoms with van der Waals surface area (Å²) < 4.78 is 0. The van der Waals surface area contributed by atoms with E-state index in [0.29, 0.717) is 31.0 Å². The number of aliphatic carboxylic acids is 1. The third-order valence-corrected chi connectivity index (χ3v) is 4.39. The van der Waals surface area contributed by atoms with Crippen LogP contribution in [0.3, 0.4) is 0 Å². The Bertz CT molecular complexity index is 476. The zero-order valence-corrected chi connectivity index (χ0v) is 14.6. The molecule has 134 valence electrons. The van der Waals surface area contributed by atoms with Gasteiger partial charge >= 0.3 is 5.97 Å². The van der Waals surface area contributed by atoms with Crippen molar-refractivity contribution in [3.8, 4) is 0 Å². The summed E-state index contributed by atoms with van der Waals surface area (Å²) in [6.07, 6.45) is 17.4. The van der Waals surface area contributed by atoms with Crippen LogP contribution in [-0.2, 0) is 9.59 Å². The molecule has 0 aromatic carbocycles. The lowest BCUT2D eigenvalue weighted by Crippen LogP contribution is -2.18.